The van der Waals surface area contributed by atoms with Gasteiger partial charge in [-0.3, -0.25) is 0 Å². The van der Waals surface area contributed by atoms with Crippen molar-refractivity contribution in [3.63, 3.8) is 0 Å². The molecule has 0 fully saturated rings. The molecule has 0 aromatic carbocycles. The molecule has 78 valence electrons. The standard InChI is InChI=1S/C8H15N5O/c1-5(4-14)11-7-3-6(10-2)12-8(9)13-7/h3,5,14H,4H2,1-2H3,(H4,9,10,11,12,13). The molecule has 1 heterocycles. The molecule has 6 heteroatoms. The van der Waals surface area contributed by atoms with Crippen LogP contribution in [-0.4, -0.2) is 34.8 Å². The molecule has 1 atom stereocenters. The quantitative estimate of drug-likeness (QED) is 0.538. The highest BCUT2D eigenvalue weighted by atomic mass is 16.3. The monoisotopic (exact) mass is 197 g/mol. The first-order valence-corrected chi connectivity index (χ1v) is 4.35. The molecule has 0 saturated heterocycles. The summed E-state index contributed by atoms with van der Waals surface area (Å²) >= 11 is 0. The third-order valence-electron chi connectivity index (χ3n) is 1.67. The Morgan fingerprint density at radius 2 is 2.14 bits per heavy atom. The lowest BCUT2D eigenvalue weighted by Crippen LogP contribution is -2.20. The molecule has 14 heavy (non-hydrogen) atoms. The Kier molecular flexibility index (Phi) is 3.47. The average molecular weight is 197 g/mol. The zero-order valence-electron chi connectivity index (χ0n) is 8.28. The maximum atomic E-state index is 8.84. The van der Waals surface area contributed by atoms with Gasteiger partial charge in [-0.05, 0) is 6.92 Å². The van der Waals surface area contributed by atoms with E-state index in [0.29, 0.717) is 11.6 Å². The van der Waals surface area contributed by atoms with Crippen LogP contribution in [0.3, 0.4) is 0 Å². The van der Waals surface area contributed by atoms with E-state index >= 15 is 0 Å². The van der Waals surface area contributed by atoms with E-state index in [1.165, 1.54) is 0 Å². The van der Waals surface area contributed by atoms with Gasteiger partial charge in [-0.15, -0.1) is 0 Å². The number of nitrogen functional groups attached to an aromatic ring is 1. The smallest absolute Gasteiger partial charge is 0.223 e. The minimum absolute atomic E-state index is 0.0405. The molecule has 6 nitrogen and oxygen atoms in total. The number of aromatic nitrogens is 2. The molecular formula is C8H15N5O. The Morgan fingerprint density at radius 3 is 2.71 bits per heavy atom. The van der Waals surface area contributed by atoms with E-state index in [2.05, 4.69) is 20.6 Å². The molecule has 0 aliphatic carbocycles. The van der Waals surface area contributed by atoms with E-state index in [1.807, 2.05) is 6.92 Å². The van der Waals surface area contributed by atoms with Crippen LogP contribution in [0.2, 0.25) is 0 Å². The van der Waals surface area contributed by atoms with Gasteiger partial charge in [0.25, 0.3) is 0 Å². The fourth-order valence-corrected chi connectivity index (χ4v) is 0.966. The fourth-order valence-electron chi connectivity index (χ4n) is 0.966. The summed E-state index contributed by atoms with van der Waals surface area (Å²) < 4.78 is 0. The third kappa shape index (κ3) is 2.74. The maximum absolute atomic E-state index is 8.84. The number of rotatable bonds is 4. The SMILES string of the molecule is CNc1cc(NC(C)CO)nc(N)n1. The van der Waals surface area contributed by atoms with E-state index in [-0.39, 0.29) is 18.6 Å². The van der Waals surface area contributed by atoms with Crippen molar-refractivity contribution in [3.8, 4) is 0 Å². The molecule has 1 aromatic heterocycles. The number of hydrogen-bond donors (Lipinski definition) is 4. The highest BCUT2D eigenvalue weighted by Crippen LogP contribution is 2.12. The number of nitrogens with one attached hydrogen (secondary N) is 2. The maximum Gasteiger partial charge on any atom is 0.223 e. The Labute approximate surface area is 82.6 Å². The second-order valence-electron chi connectivity index (χ2n) is 2.97. The molecule has 0 spiro atoms. The molecule has 1 rings (SSSR count). The number of aliphatic hydroxyl groups is 1. The molecule has 0 aliphatic heterocycles. The highest BCUT2D eigenvalue weighted by Gasteiger charge is 2.04. The van der Waals surface area contributed by atoms with Crippen molar-refractivity contribution in [2.24, 2.45) is 0 Å². The number of nitrogens with two attached hydrogens (primary N) is 1. The van der Waals surface area contributed by atoms with Crippen molar-refractivity contribution in [2.45, 2.75) is 13.0 Å². The van der Waals surface area contributed by atoms with E-state index in [0.717, 1.165) is 0 Å². The lowest BCUT2D eigenvalue weighted by atomic mass is 10.3. The van der Waals surface area contributed by atoms with Crippen LogP contribution in [0.1, 0.15) is 6.92 Å². The predicted octanol–water partition coefficient (Wildman–Crippen LogP) is -0.107. The van der Waals surface area contributed by atoms with Crippen LogP contribution < -0.4 is 16.4 Å². The zero-order valence-corrected chi connectivity index (χ0v) is 8.28. The summed E-state index contributed by atoms with van der Waals surface area (Å²) in [4.78, 5) is 7.91. The number of anilines is 3. The highest BCUT2D eigenvalue weighted by molar-refractivity contribution is 5.50. The van der Waals surface area contributed by atoms with Gasteiger partial charge in [0.1, 0.15) is 11.6 Å². The predicted molar refractivity (Wildman–Crippen MR) is 56.2 cm³/mol. The van der Waals surface area contributed by atoms with Crippen LogP contribution >= 0.6 is 0 Å². The average Bonchev–Trinajstić information content (AvgIpc) is 2.16. The van der Waals surface area contributed by atoms with Gasteiger partial charge in [0.2, 0.25) is 5.95 Å². The summed E-state index contributed by atoms with van der Waals surface area (Å²) in [7, 11) is 1.75. The van der Waals surface area contributed by atoms with Gasteiger partial charge >= 0.3 is 0 Å². The Morgan fingerprint density at radius 1 is 1.50 bits per heavy atom. The second-order valence-corrected chi connectivity index (χ2v) is 2.97. The molecule has 5 N–H and O–H groups in total. The first-order chi connectivity index (χ1) is 6.65. The van der Waals surface area contributed by atoms with Gasteiger partial charge in [-0.2, -0.15) is 9.97 Å². The lowest BCUT2D eigenvalue weighted by Gasteiger charge is -2.12. The molecular weight excluding hydrogens is 182 g/mol. The van der Waals surface area contributed by atoms with Gasteiger partial charge < -0.3 is 21.5 Å². The third-order valence-corrected chi connectivity index (χ3v) is 1.67. The van der Waals surface area contributed by atoms with Crippen molar-refractivity contribution in [2.75, 3.05) is 30.0 Å². The number of hydrogen-bond acceptors (Lipinski definition) is 6. The van der Waals surface area contributed by atoms with Gasteiger partial charge in [-0.25, -0.2) is 0 Å². The molecule has 0 aliphatic rings. The number of nitrogens with zero attached hydrogens (tertiary/aromatic N) is 2. The molecule has 0 radical (unpaired) electrons. The molecule has 1 aromatic rings. The Bertz CT molecular complexity index is 304. The summed E-state index contributed by atoms with van der Waals surface area (Å²) in [5.74, 6) is 1.44. The largest absolute Gasteiger partial charge is 0.394 e. The van der Waals surface area contributed by atoms with Crippen LogP contribution in [0.5, 0.6) is 0 Å². The van der Waals surface area contributed by atoms with Crippen molar-refractivity contribution < 1.29 is 5.11 Å². The van der Waals surface area contributed by atoms with Crippen LogP contribution in [0, 0.1) is 0 Å². The zero-order chi connectivity index (χ0) is 10.6. The van der Waals surface area contributed by atoms with Crippen LogP contribution in [0.15, 0.2) is 6.07 Å². The summed E-state index contributed by atoms with van der Waals surface area (Å²) in [5, 5.41) is 14.7. The summed E-state index contributed by atoms with van der Waals surface area (Å²) in [6, 6.07) is 1.66. The van der Waals surface area contributed by atoms with Crippen molar-refractivity contribution in [1.29, 1.82) is 0 Å². The van der Waals surface area contributed by atoms with Gasteiger partial charge in [0, 0.05) is 19.2 Å². The summed E-state index contributed by atoms with van der Waals surface area (Å²) in [6.07, 6.45) is 0. The van der Waals surface area contributed by atoms with Crippen molar-refractivity contribution in [3.05, 3.63) is 6.07 Å². The fraction of sp³-hybridized carbons (Fsp3) is 0.500. The van der Waals surface area contributed by atoms with E-state index in [1.54, 1.807) is 13.1 Å². The first-order valence-electron chi connectivity index (χ1n) is 4.35. The van der Waals surface area contributed by atoms with Crippen molar-refractivity contribution >= 4 is 17.6 Å². The Balaban J connectivity index is 2.81. The van der Waals surface area contributed by atoms with Crippen LogP contribution in [0.25, 0.3) is 0 Å². The minimum atomic E-state index is -0.0611. The van der Waals surface area contributed by atoms with Crippen LogP contribution in [0.4, 0.5) is 17.6 Å². The van der Waals surface area contributed by atoms with E-state index < -0.39 is 0 Å². The number of aliphatic hydroxyl groups excluding tert-OH is 1. The van der Waals surface area contributed by atoms with Gasteiger partial charge in [0.05, 0.1) is 6.61 Å². The van der Waals surface area contributed by atoms with E-state index in [9.17, 15) is 0 Å². The summed E-state index contributed by atoms with van der Waals surface area (Å²) in [5.41, 5.74) is 5.49. The van der Waals surface area contributed by atoms with Crippen LogP contribution in [-0.2, 0) is 0 Å². The van der Waals surface area contributed by atoms with Gasteiger partial charge in [0.15, 0.2) is 0 Å². The minimum Gasteiger partial charge on any atom is -0.394 e. The first kappa shape index (κ1) is 10.5. The second kappa shape index (κ2) is 4.61. The molecule has 0 bridgehead atoms. The lowest BCUT2D eigenvalue weighted by molar-refractivity contribution is 0.281. The molecule has 0 saturated carbocycles. The Hall–Kier alpha value is -1.56. The molecule has 1 unspecified atom stereocenters. The van der Waals surface area contributed by atoms with Gasteiger partial charge in [-0.1, -0.05) is 0 Å². The van der Waals surface area contributed by atoms with Crippen molar-refractivity contribution in [1.82, 2.24) is 9.97 Å². The topological polar surface area (TPSA) is 96.1 Å². The van der Waals surface area contributed by atoms with E-state index in [4.69, 9.17) is 10.8 Å². The molecule has 0 amide bonds. The summed E-state index contributed by atoms with van der Waals surface area (Å²) in [6.45, 7) is 1.89. The normalized spacial score (nSPS) is 12.2.